The highest BCUT2D eigenvalue weighted by atomic mass is 32.2. The number of oxazole rings is 1. The molecule has 0 saturated heterocycles. The molecule has 34 heavy (non-hydrogen) atoms. The van der Waals surface area contributed by atoms with E-state index in [1.165, 1.54) is 12.1 Å². The van der Waals surface area contributed by atoms with E-state index in [0.29, 0.717) is 27.9 Å². The molecule has 4 rings (SSSR count). The van der Waals surface area contributed by atoms with Gasteiger partial charge in [-0.05, 0) is 37.1 Å². The van der Waals surface area contributed by atoms with Gasteiger partial charge in [0.05, 0.1) is 10.6 Å². The van der Waals surface area contributed by atoms with Crippen LogP contribution in [0.2, 0.25) is 0 Å². The Bertz CT molecular complexity index is 1380. The molecular weight excluding hydrogens is 470 g/mol. The molecule has 4 aromatic rings. The van der Waals surface area contributed by atoms with Crippen molar-refractivity contribution < 1.29 is 17.6 Å². The fourth-order valence-corrected chi connectivity index (χ4v) is 4.62. The molecule has 0 atom stereocenters. The standard InChI is InChI=1S/C25H23N3O4S2/c1-16-13-20(34(26,30)31)14-21(17(16)2)27-22(29)15-33-25-28-23(18-9-5-3-6-10-18)24(32-25)19-11-7-4-8-12-19/h3-14H,15H2,1-2H3,(H,27,29)(H2,26,30,31). The van der Waals surface area contributed by atoms with Gasteiger partial charge >= 0.3 is 0 Å². The van der Waals surface area contributed by atoms with Crippen molar-refractivity contribution in [1.82, 2.24) is 4.98 Å². The molecule has 9 heteroatoms. The third kappa shape index (κ3) is 5.39. The van der Waals surface area contributed by atoms with Gasteiger partial charge in [-0.25, -0.2) is 18.5 Å². The largest absolute Gasteiger partial charge is 0.431 e. The number of anilines is 1. The summed E-state index contributed by atoms with van der Waals surface area (Å²) in [5, 5.41) is 8.39. The first kappa shape index (κ1) is 23.7. The van der Waals surface area contributed by atoms with Gasteiger partial charge in [0.2, 0.25) is 15.9 Å². The first-order chi connectivity index (χ1) is 16.2. The molecule has 0 fully saturated rings. The van der Waals surface area contributed by atoms with Gasteiger partial charge < -0.3 is 9.73 Å². The van der Waals surface area contributed by atoms with Crippen LogP contribution in [0.1, 0.15) is 11.1 Å². The van der Waals surface area contributed by atoms with Crippen LogP contribution < -0.4 is 10.5 Å². The average molecular weight is 494 g/mol. The van der Waals surface area contributed by atoms with Crippen molar-refractivity contribution >= 4 is 33.4 Å². The van der Waals surface area contributed by atoms with E-state index < -0.39 is 10.0 Å². The number of rotatable bonds is 7. The summed E-state index contributed by atoms with van der Waals surface area (Å²) in [7, 11) is -3.89. The van der Waals surface area contributed by atoms with Crippen molar-refractivity contribution in [3.05, 3.63) is 83.9 Å². The van der Waals surface area contributed by atoms with Crippen LogP contribution in [0.3, 0.4) is 0 Å². The minimum Gasteiger partial charge on any atom is -0.431 e. The molecule has 0 radical (unpaired) electrons. The van der Waals surface area contributed by atoms with Crippen molar-refractivity contribution in [3.63, 3.8) is 0 Å². The first-order valence-electron chi connectivity index (χ1n) is 10.4. The molecule has 0 aliphatic rings. The summed E-state index contributed by atoms with van der Waals surface area (Å²) in [5.74, 6) is 0.336. The lowest BCUT2D eigenvalue weighted by Gasteiger charge is -2.12. The second-order valence-electron chi connectivity index (χ2n) is 7.68. The zero-order valence-electron chi connectivity index (χ0n) is 18.6. The quantitative estimate of drug-likeness (QED) is 0.350. The Morgan fingerprint density at radius 2 is 1.62 bits per heavy atom. The lowest BCUT2D eigenvalue weighted by atomic mass is 10.1. The van der Waals surface area contributed by atoms with E-state index in [2.05, 4.69) is 10.3 Å². The maximum absolute atomic E-state index is 12.7. The van der Waals surface area contributed by atoms with Crippen LogP contribution in [0.25, 0.3) is 22.6 Å². The van der Waals surface area contributed by atoms with Gasteiger partial charge in [-0.1, -0.05) is 72.4 Å². The zero-order valence-corrected chi connectivity index (χ0v) is 20.2. The predicted molar refractivity (Wildman–Crippen MR) is 134 cm³/mol. The number of benzene rings is 3. The number of thioether (sulfide) groups is 1. The molecule has 0 aliphatic carbocycles. The summed E-state index contributed by atoms with van der Waals surface area (Å²) in [6.07, 6.45) is 0. The maximum Gasteiger partial charge on any atom is 0.257 e. The number of primary sulfonamides is 1. The number of nitrogens with two attached hydrogens (primary N) is 1. The molecule has 1 amide bonds. The summed E-state index contributed by atoms with van der Waals surface area (Å²) >= 11 is 1.16. The Hall–Kier alpha value is -3.40. The van der Waals surface area contributed by atoms with Crippen LogP contribution in [-0.4, -0.2) is 25.1 Å². The third-order valence-electron chi connectivity index (χ3n) is 5.26. The smallest absolute Gasteiger partial charge is 0.257 e. The average Bonchev–Trinajstić information content (AvgIpc) is 3.25. The minimum absolute atomic E-state index is 0.0288. The first-order valence-corrected chi connectivity index (χ1v) is 12.9. The highest BCUT2D eigenvalue weighted by Crippen LogP contribution is 2.35. The summed E-state index contributed by atoms with van der Waals surface area (Å²) in [4.78, 5) is 17.2. The van der Waals surface area contributed by atoms with Crippen molar-refractivity contribution in [3.8, 4) is 22.6 Å². The normalized spacial score (nSPS) is 11.4. The Labute approximate surface area is 202 Å². The molecule has 0 saturated carbocycles. The van der Waals surface area contributed by atoms with E-state index in [-0.39, 0.29) is 16.6 Å². The lowest BCUT2D eigenvalue weighted by Crippen LogP contribution is -2.17. The van der Waals surface area contributed by atoms with Gasteiger partial charge in [0, 0.05) is 16.8 Å². The number of amides is 1. The molecule has 1 heterocycles. The van der Waals surface area contributed by atoms with Gasteiger partial charge in [-0.2, -0.15) is 0 Å². The van der Waals surface area contributed by atoms with Gasteiger partial charge in [0.25, 0.3) is 5.22 Å². The topological polar surface area (TPSA) is 115 Å². The van der Waals surface area contributed by atoms with Crippen LogP contribution in [0.15, 0.2) is 87.3 Å². The molecule has 0 unspecified atom stereocenters. The lowest BCUT2D eigenvalue weighted by molar-refractivity contribution is -0.113. The summed E-state index contributed by atoms with van der Waals surface area (Å²) in [6, 6.07) is 22.2. The highest BCUT2D eigenvalue weighted by molar-refractivity contribution is 7.99. The van der Waals surface area contributed by atoms with E-state index in [1.807, 2.05) is 60.7 Å². The van der Waals surface area contributed by atoms with E-state index in [4.69, 9.17) is 9.56 Å². The SMILES string of the molecule is Cc1cc(S(N)(=O)=O)cc(NC(=O)CSc2nc(-c3ccccc3)c(-c3ccccc3)o2)c1C. The Balaban J connectivity index is 1.55. The van der Waals surface area contributed by atoms with Crippen LogP contribution in [0, 0.1) is 13.8 Å². The number of carbonyl (C=O) groups excluding carboxylic acids is 1. The van der Waals surface area contributed by atoms with Crippen LogP contribution in [0.5, 0.6) is 0 Å². The van der Waals surface area contributed by atoms with Crippen LogP contribution in [-0.2, 0) is 14.8 Å². The van der Waals surface area contributed by atoms with E-state index in [0.717, 1.165) is 28.5 Å². The van der Waals surface area contributed by atoms with Crippen LogP contribution in [0.4, 0.5) is 5.69 Å². The van der Waals surface area contributed by atoms with Gasteiger partial charge in [-0.15, -0.1) is 0 Å². The maximum atomic E-state index is 12.7. The monoisotopic (exact) mass is 493 g/mol. The Morgan fingerprint density at radius 3 is 2.24 bits per heavy atom. The predicted octanol–water partition coefficient (Wildman–Crippen LogP) is 5.00. The van der Waals surface area contributed by atoms with Crippen LogP contribution >= 0.6 is 11.8 Å². The molecule has 0 aliphatic heterocycles. The zero-order chi connectivity index (χ0) is 24.3. The highest BCUT2D eigenvalue weighted by Gasteiger charge is 2.19. The Morgan fingerprint density at radius 1 is 1.00 bits per heavy atom. The molecule has 3 aromatic carbocycles. The summed E-state index contributed by atoms with van der Waals surface area (Å²) in [5.41, 5.74) is 4.36. The van der Waals surface area contributed by atoms with Crippen molar-refractivity contribution in [1.29, 1.82) is 0 Å². The molecule has 1 aromatic heterocycles. The van der Waals surface area contributed by atoms with Crippen molar-refractivity contribution in [2.75, 3.05) is 11.1 Å². The number of hydrogen-bond donors (Lipinski definition) is 2. The van der Waals surface area contributed by atoms with Gasteiger partial charge in [0.15, 0.2) is 5.76 Å². The van der Waals surface area contributed by atoms with Gasteiger partial charge in [0.1, 0.15) is 5.69 Å². The minimum atomic E-state index is -3.89. The molecular formula is C25H23N3O4S2. The fourth-order valence-electron chi connectivity index (χ4n) is 3.37. The summed E-state index contributed by atoms with van der Waals surface area (Å²) in [6.45, 7) is 3.56. The fraction of sp³-hybridized carbons (Fsp3) is 0.120. The number of hydrogen-bond acceptors (Lipinski definition) is 6. The number of aryl methyl sites for hydroxylation is 1. The molecule has 0 spiro atoms. The molecule has 7 nitrogen and oxygen atoms in total. The Kier molecular flexibility index (Phi) is 6.87. The second kappa shape index (κ2) is 9.84. The van der Waals surface area contributed by atoms with Crippen molar-refractivity contribution in [2.24, 2.45) is 5.14 Å². The van der Waals surface area contributed by atoms with E-state index in [1.54, 1.807) is 13.8 Å². The third-order valence-corrected chi connectivity index (χ3v) is 6.98. The second-order valence-corrected chi connectivity index (χ2v) is 10.2. The molecule has 174 valence electrons. The van der Waals surface area contributed by atoms with Gasteiger partial charge in [-0.3, -0.25) is 4.79 Å². The number of sulfonamides is 1. The van der Waals surface area contributed by atoms with Crippen molar-refractivity contribution in [2.45, 2.75) is 24.0 Å². The number of carbonyl (C=O) groups is 1. The molecule has 0 bridgehead atoms. The summed E-state index contributed by atoms with van der Waals surface area (Å²) < 4.78 is 29.5. The molecule has 3 N–H and O–H groups in total. The van der Waals surface area contributed by atoms with E-state index in [9.17, 15) is 13.2 Å². The number of nitrogens with zero attached hydrogens (tertiary/aromatic N) is 1. The number of nitrogens with one attached hydrogen (secondary N) is 1. The van der Waals surface area contributed by atoms with E-state index >= 15 is 0 Å². The number of aromatic nitrogens is 1.